The number of rotatable bonds is 10. The Morgan fingerprint density at radius 3 is 2.67 bits per heavy atom. The largest absolute Gasteiger partial charge is 0.493 e. The molecule has 0 aliphatic rings. The summed E-state index contributed by atoms with van der Waals surface area (Å²) in [7, 11) is 1.56. The van der Waals surface area contributed by atoms with Crippen molar-refractivity contribution in [3.8, 4) is 11.5 Å². The molecule has 0 saturated carbocycles. The molecule has 2 aromatic rings. The van der Waals surface area contributed by atoms with Gasteiger partial charge < -0.3 is 14.8 Å². The van der Waals surface area contributed by atoms with Crippen LogP contribution in [0.25, 0.3) is 0 Å². The van der Waals surface area contributed by atoms with Crippen molar-refractivity contribution in [2.24, 2.45) is 5.10 Å². The smallest absolute Gasteiger partial charge is 0.269 e. The fraction of sp³-hybridized carbons (Fsp3) is 0.238. The first-order chi connectivity index (χ1) is 14.5. The van der Waals surface area contributed by atoms with Crippen LogP contribution in [0.15, 0.2) is 54.2 Å². The molecule has 8 nitrogen and oxygen atoms in total. The molecule has 0 amide bonds. The quantitative estimate of drug-likeness (QED) is 0.196. The van der Waals surface area contributed by atoms with Gasteiger partial charge in [-0.1, -0.05) is 6.08 Å². The van der Waals surface area contributed by atoms with E-state index in [0.29, 0.717) is 29.6 Å². The molecule has 2 N–H and O–H groups in total. The van der Waals surface area contributed by atoms with Gasteiger partial charge >= 0.3 is 0 Å². The van der Waals surface area contributed by atoms with Crippen LogP contribution < -0.4 is 20.2 Å². The van der Waals surface area contributed by atoms with Crippen molar-refractivity contribution in [1.29, 1.82) is 0 Å². The third-order valence-corrected chi connectivity index (χ3v) is 4.22. The van der Waals surface area contributed by atoms with Crippen LogP contribution in [-0.2, 0) is 13.0 Å². The average molecular weight is 429 g/mol. The van der Waals surface area contributed by atoms with Crippen LogP contribution in [0.2, 0.25) is 0 Å². The molecule has 0 radical (unpaired) electrons. The molecule has 0 aliphatic carbocycles. The standard InChI is InChI=1S/C21H24N4O4S/c1-4-6-17-11-16(13-23-24-21(30)22-5-2)12-19(28-3)20(17)29-14-15-7-9-18(10-8-15)25(26)27/h4,7-13H,1,5-6,14H2,2-3H3,(H2,22,24,30)/b23-13-. The highest BCUT2D eigenvalue weighted by molar-refractivity contribution is 7.80. The van der Waals surface area contributed by atoms with Crippen LogP contribution in [0.5, 0.6) is 11.5 Å². The summed E-state index contributed by atoms with van der Waals surface area (Å²) in [5.41, 5.74) is 5.27. The lowest BCUT2D eigenvalue weighted by Crippen LogP contribution is -2.31. The third-order valence-electron chi connectivity index (χ3n) is 3.99. The molecule has 9 heteroatoms. The summed E-state index contributed by atoms with van der Waals surface area (Å²) in [6.07, 6.45) is 3.97. The summed E-state index contributed by atoms with van der Waals surface area (Å²) in [4.78, 5) is 10.4. The number of thiocarbonyl (C=S) groups is 1. The number of nitro groups is 1. The number of ether oxygens (including phenoxy) is 2. The minimum absolute atomic E-state index is 0.0366. The summed E-state index contributed by atoms with van der Waals surface area (Å²) < 4.78 is 11.5. The van der Waals surface area contributed by atoms with Gasteiger partial charge in [0.15, 0.2) is 16.6 Å². The molecule has 30 heavy (non-hydrogen) atoms. The van der Waals surface area contributed by atoms with E-state index in [0.717, 1.165) is 16.7 Å². The molecule has 0 atom stereocenters. The van der Waals surface area contributed by atoms with Crippen LogP contribution in [-0.4, -0.2) is 29.9 Å². The second kappa shape index (κ2) is 11.5. The van der Waals surface area contributed by atoms with E-state index in [4.69, 9.17) is 21.7 Å². The lowest BCUT2D eigenvalue weighted by Gasteiger charge is -2.16. The number of hydrogen-bond donors (Lipinski definition) is 2. The van der Waals surface area contributed by atoms with E-state index >= 15 is 0 Å². The number of methoxy groups -OCH3 is 1. The molecule has 2 rings (SSSR count). The third kappa shape index (κ3) is 6.56. The number of nitrogens with zero attached hydrogens (tertiary/aromatic N) is 2. The molecule has 0 bridgehead atoms. The highest BCUT2D eigenvalue weighted by atomic mass is 32.1. The van der Waals surface area contributed by atoms with Crippen LogP contribution in [0.1, 0.15) is 23.6 Å². The number of benzene rings is 2. The van der Waals surface area contributed by atoms with Crippen LogP contribution in [0.3, 0.4) is 0 Å². The highest BCUT2D eigenvalue weighted by Crippen LogP contribution is 2.34. The normalized spacial score (nSPS) is 10.5. The Labute approximate surface area is 180 Å². The summed E-state index contributed by atoms with van der Waals surface area (Å²) in [5, 5.41) is 18.3. The zero-order valence-electron chi connectivity index (χ0n) is 16.9. The number of hydrogen-bond acceptors (Lipinski definition) is 6. The van der Waals surface area contributed by atoms with Crippen molar-refractivity contribution in [3.63, 3.8) is 0 Å². The molecule has 0 saturated heterocycles. The Balaban J connectivity index is 2.20. The Hall–Kier alpha value is -3.46. The number of hydrazone groups is 1. The molecular formula is C21H24N4O4S. The van der Waals surface area contributed by atoms with E-state index in [-0.39, 0.29) is 12.3 Å². The molecule has 0 unspecified atom stereocenters. The predicted octanol–water partition coefficient (Wildman–Crippen LogP) is 3.73. The molecule has 0 spiro atoms. The summed E-state index contributed by atoms with van der Waals surface area (Å²) in [5.74, 6) is 1.14. The molecular weight excluding hydrogens is 404 g/mol. The lowest BCUT2D eigenvalue weighted by molar-refractivity contribution is -0.384. The maximum absolute atomic E-state index is 10.8. The van der Waals surface area contributed by atoms with Crippen LogP contribution >= 0.6 is 12.2 Å². The molecule has 0 fully saturated rings. The van der Waals surface area contributed by atoms with Crippen molar-refractivity contribution in [2.75, 3.05) is 13.7 Å². The van der Waals surface area contributed by atoms with Gasteiger partial charge in [0.1, 0.15) is 6.61 Å². The molecule has 158 valence electrons. The minimum Gasteiger partial charge on any atom is -0.493 e. The molecule has 0 aromatic heterocycles. The summed E-state index contributed by atoms with van der Waals surface area (Å²) in [6, 6.07) is 9.96. The van der Waals surface area contributed by atoms with Crippen LogP contribution in [0, 0.1) is 10.1 Å². The van der Waals surface area contributed by atoms with Crippen molar-refractivity contribution >= 4 is 29.2 Å². The second-order valence-electron chi connectivity index (χ2n) is 6.15. The fourth-order valence-electron chi connectivity index (χ4n) is 2.62. The van der Waals surface area contributed by atoms with Gasteiger partial charge in [-0.05, 0) is 61.0 Å². The zero-order chi connectivity index (χ0) is 21.9. The van der Waals surface area contributed by atoms with Gasteiger partial charge in [0.25, 0.3) is 5.69 Å². The highest BCUT2D eigenvalue weighted by Gasteiger charge is 2.13. The van der Waals surface area contributed by atoms with Gasteiger partial charge in [-0.2, -0.15) is 5.10 Å². The number of non-ortho nitro benzene ring substituents is 1. The first kappa shape index (κ1) is 22.8. The molecule has 2 aromatic carbocycles. The van der Waals surface area contributed by atoms with Gasteiger partial charge in [-0.3, -0.25) is 15.5 Å². The van der Waals surface area contributed by atoms with Gasteiger partial charge in [-0.25, -0.2) is 0 Å². The monoisotopic (exact) mass is 428 g/mol. The zero-order valence-corrected chi connectivity index (χ0v) is 17.7. The fourth-order valence-corrected chi connectivity index (χ4v) is 2.81. The van der Waals surface area contributed by atoms with E-state index < -0.39 is 4.92 Å². The lowest BCUT2D eigenvalue weighted by atomic mass is 10.1. The minimum atomic E-state index is -0.435. The van der Waals surface area contributed by atoms with E-state index in [1.807, 2.05) is 13.0 Å². The van der Waals surface area contributed by atoms with E-state index in [1.165, 1.54) is 12.1 Å². The number of nitrogens with one attached hydrogen (secondary N) is 2. The maximum Gasteiger partial charge on any atom is 0.269 e. The van der Waals surface area contributed by atoms with Gasteiger partial charge in [-0.15, -0.1) is 6.58 Å². The Morgan fingerprint density at radius 2 is 2.07 bits per heavy atom. The first-order valence-electron chi connectivity index (χ1n) is 9.23. The van der Waals surface area contributed by atoms with E-state index in [2.05, 4.69) is 22.4 Å². The molecule has 0 aliphatic heterocycles. The second-order valence-corrected chi connectivity index (χ2v) is 6.55. The van der Waals surface area contributed by atoms with E-state index in [1.54, 1.807) is 37.6 Å². The summed E-state index contributed by atoms with van der Waals surface area (Å²) >= 11 is 5.08. The number of nitro benzene ring substituents is 1. The average Bonchev–Trinajstić information content (AvgIpc) is 2.73. The predicted molar refractivity (Wildman–Crippen MR) is 121 cm³/mol. The van der Waals surface area contributed by atoms with Gasteiger partial charge in [0.05, 0.1) is 18.2 Å². The summed E-state index contributed by atoms with van der Waals surface area (Å²) in [6.45, 7) is 6.69. The Morgan fingerprint density at radius 1 is 1.33 bits per heavy atom. The van der Waals surface area contributed by atoms with Gasteiger partial charge in [0.2, 0.25) is 0 Å². The van der Waals surface area contributed by atoms with Crippen molar-refractivity contribution in [2.45, 2.75) is 20.0 Å². The number of allylic oxidation sites excluding steroid dienone is 1. The Kier molecular flexibility index (Phi) is 8.76. The van der Waals surface area contributed by atoms with Crippen molar-refractivity contribution < 1.29 is 14.4 Å². The van der Waals surface area contributed by atoms with E-state index in [9.17, 15) is 10.1 Å². The first-order valence-corrected chi connectivity index (χ1v) is 9.64. The molecule has 0 heterocycles. The Bertz CT molecular complexity index is 929. The van der Waals surface area contributed by atoms with Gasteiger partial charge in [0, 0.05) is 24.2 Å². The maximum atomic E-state index is 10.8. The SMILES string of the molecule is C=CCc1cc(/C=N\NC(=S)NCC)cc(OC)c1OCc1ccc([N+](=O)[O-])cc1. The topological polar surface area (TPSA) is 98.0 Å². The van der Waals surface area contributed by atoms with Crippen molar-refractivity contribution in [3.05, 3.63) is 75.9 Å². The van der Waals surface area contributed by atoms with Crippen molar-refractivity contribution in [1.82, 2.24) is 10.7 Å². The van der Waals surface area contributed by atoms with Crippen LogP contribution in [0.4, 0.5) is 5.69 Å².